The van der Waals surface area contributed by atoms with Crippen LogP contribution in [-0.2, 0) is 0 Å². The zero-order chi connectivity index (χ0) is 13.0. The second-order valence-corrected chi connectivity index (χ2v) is 3.71. The van der Waals surface area contributed by atoms with Gasteiger partial charge in [-0.3, -0.25) is 10.1 Å². The van der Waals surface area contributed by atoms with Gasteiger partial charge in [0, 0.05) is 18.7 Å². The Bertz CT molecular complexity index is 412. The lowest BCUT2D eigenvalue weighted by atomic mass is 10.2. The second-order valence-electron chi connectivity index (χ2n) is 3.71. The number of anilines is 1. The highest BCUT2D eigenvalue weighted by Gasteiger charge is 2.13. The smallest absolute Gasteiger partial charge is 0.272 e. The molecule has 0 radical (unpaired) electrons. The number of hydrogen-bond acceptors (Lipinski definition) is 5. The number of nitro groups is 1. The van der Waals surface area contributed by atoms with Gasteiger partial charge in [-0.25, -0.2) is 4.39 Å². The van der Waals surface area contributed by atoms with Crippen LogP contribution in [0.3, 0.4) is 0 Å². The molecule has 2 unspecified atom stereocenters. The van der Waals surface area contributed by atoms with Gasteiger partial charge in [-0.2, -0.15) is 0 Å². The van der Waals surface area contributed by atoms with Gasteiger partial charge in [0.25, 0.3) is 5.69 Å². The minimum atomic E-state index is -0.725. The van der Waals surface area contributed by atoms with Crippen LogP contribution in [0.5, 0.6) is 0 Å². The largest absolute Gasteiger partial charge is 0.392 e. The van der Waals surface area contributed by atoms with Gasteiger partial charge < -0.3 is 16.2 Å². The summed E-state index contributed by atoms with van der Waals surface area (Å²) in [5.41, 5.74) is 5.35. The molecule has 0 aliphatic rings. The average molecular weight is 243 g/mol. The Kier molecular flexibility index (Phi) is 4.36. The van der Waals surface area contributed by atoms with Gasteiger partial charge in [-0.05, 0) is 13.0 Å². The highest BCUT2D eigenvalue weighted by Crippen LogP contribution is 2.20. The normalized spacial score (nSPS) is 14.1. The Morgan fingerprint density at radius 1 is 1.65 bits per heavy atom. The van der Waals surface area contributed by atoms with E-state index in [2.05, 4.69) is 5.32 Å². The third kappa shape index (κ3) is 3.65. The van der Waals surface area contributed by atoms with Crippen LogP contribution in [-0.4, -0.2) is 28.7 Å². The molecule has 6 nitrogen and oxygen atoms in total. The fourth-order valence-corrected chi connectivity index (χ4v) is 1.16. The van der Waals surface area contributed by atoms with E-state index in [9.17, 15) is 14.5 Å². The van der Waals surface area contributed by atoms with Gasteiger partial charge in [0.15, 0.2) is 5.82 Å². The molecule has 17 heavy (non-hydrogen) atoms. The van der Waals surface area contributed by atoms with E-state index in [4.69, 9.17) is 10.8 Å². The predicted molar refractivity (Wildman–Crippen MR) is 61.2 cm³/mol. The van der Waals surface area contributed by atoms with Crippen molar-refractivity contribution in [1.82, 2.24) is 0 Å². The Morgan fingerprint density at radius 2 is 2.29 bits per heavy atom. The summed E-state index contributed by atoms with van der Waals surface area (Å²) in [5, 5.41) is 22.2. The van der Waals surface area contributed by atoms with E-state index in [0.717, 1.165) is 6.07 Å². The third-order valence-electron chi connectivity index (χ3n) is 2.31. The Balaban J connectivity index is 2.70. The molecule has 1 aromatic carbocycles. The number of nitrogens with two attached hydrogens (primary N) is 1. The van der Waals surface area contributed by atoms with E-state index in [1.165, 1.54) is 19.1 Å². The first-order valence-corrected chi connectivity index (χ1v) is 5.03. The molecule has 1 rings (SSSR count). The summed E-state index contributed by atoms with van der Waals surface area (Å²) in [7, 11) is 0. The zero-order valence-electron chi connectivity index (χ0n) is 9.26. The summed E-state index contributed by atoms with van der Waals surface area (Å²) in [6, 6.07) is 2.75. The van der Waals surface area contributed by atoms with E-state index >= 15 is 0 Å². The van der Waals surface area contributed by atoms with Crippen molar-refractivity contribution in [2.24, 2.45) is 5.73 Å². The number of nitrogens with one attached hydrogen (secondary N) is 1. The van der Waals surface area contributed by atoms with E-state index < -0.39 is 22.9 Å². The molecule has 94 valence electrons. The maximum absolute atomic E-state index is 13.4. The van der Waals surface area contributed by atoms with Crippen molar-refractivity contribution in [3.05, 3.63) is 34.1 Å². The molecule has 0 aromatic heterocycles. The van der Waals surface area contributed by atoms with Gasteiger partial charge in [0.1, 0.15) is 0 Å². The number of benzene rings is 1. The molecule has 0 bridgehead atoms. The molecule has 0 saturated carbocycles. The summed E-state index contributed by atoms with van der Waals surface area (Å²) < 4.78 is 13.4. The number of halogens is 1. The first-order valence-electron chi connectivity index (χ1n) is 5.03. The molecule has 0 spiro atoms. The van der Waals surface area contributed by atoms with Gasteiger partial charge in [0.2, 0.25) is 0 Å². The molecule has 0 amide bonds. The van der Waals surface area contributed by atoms with Crippen LogP contribution in [0.25, 0.3) is 0 Å². The molecule has 0 heterocycles. The molecular weight excluding hydrogens is 229 g/mol. The van der Waals surface area contributed by atoms with Crippen LogP contribution in [0, 0.1) is 15.9 Å². The monoisotopic (exact) mass is 243 g/mol. The fourth-order valence-electron chi connectivity index (χ4n) is 1.16. The molecule has 0 aliphatic heterocycles. The lowest BCUT2D eigenvalue weighted by molar-refractivity contribution is -0.385. The van der Waals surface area contributed by atoms with Crippen molar-refractivity contribution in [2.45, 2.75) is 19.1 Å². The van der Waals surface area contributed by atoms with Gasteiger partial charge in [-0.1, -0.05) is 0 Å². The van der Waals surface area contributed by atoms with Crippen molar-refractivity contribution >= 4 is 11.4 Å². The SMILES string of the molecule is CC(O)C(N)CNc1ccc([N+](=O)[O-])cc1F. The number of nitrogens with zero attached hydrogens (tertiary/aromatic N) is 1. The molecule has 0 aliphatic carbocycles. The van der Waals surface area contributed by atoms with Crippen molar-refractivity contribution in [1.29, 1.82) is 0 Å². The van der Waals surface area contributed by atoms with Crippen LogP contribution >= 0.6 is 0 Å². The standard InChI is InChI=1S/C10H14FN3O3/c1-6(15)9(12)5-13-10-3-2-7(14(16)17)4-8(10)11/h2-4,6,9,13,15H,5,12H2,1H3. The van der Waals surface area contributed by atoms with Crippen molar-refractivity contribution in [3.63, 3.8) is 0 Å². The topological polar surface area (TPSA) is 101 Å². The van der Waals surface area contributed by atoms with E-state index in [0.29, 0.717) is 0 Å². The third-order valence-corrected chi connectivity index (χ3v) is 2.31. The summed E-state index contributed by atoms with van der Waals surface area (Å²) in [4.78, 5) is 9.71. The van der Waals surface area contributed by atoms with Crippen LogP contribution in [0.2, 0.25) is 0 Å². The molecule has 0 fully saturated rings. The Hall–Kier alpha value is -1.73. The van der Waals surface area contributed by atoms with Crippen molar-refractivity contribution in [3.8, 4) is 0 Å². The zero-order valence-corrected chi connectivity index (χ0v) is 9.26. The van der Waals surface area contributed by atoms with Crippen molar-refractivity contribution in [2.75, 3.05) is 11.9 Å². The molecular formula is C10H14FN3O3. The predicted octanol–water partition coefficient (Wildman–Crippen LogP) is 0.854. The summed E-state index contributed by atoms with van der Waals surface area (Å²) in [6.07, 6.45) is -0.719. The molecule has 1 aromatic rings. The molecule has 4 N–H and O–H groups in total. The number of aliphatic hydroxyl groups excluding tert-OH is 1. The first kappa shape index (κ1) is 13.3. The summed E-state index contributed by atoms with van der Waals surface area (Å²) >= 11 is 0. The van der Waals surface area contributed by atoms with Gasteiger partial charge in [-0.15, -0.1) is 0 Å². The van der Waals surface area contributed by atoms with Crippen LogP contribution in [0.15, 0.2) is 18.2 Å². The Morgan fingerprint density at radius 3 is 2.76 bits per heavy atom. The lowest BCUT2D eigenvalue weighted by Crippen LogP contribution is -2.38. The minimum absolute atomic E-state index is 0.117. The average Bonchev–Trinajstić information content (AvgIpc) is 2.26. The minimum Gasteiger partial charge on any atom is -0.392 e. The maximum Gasteiger partial charge on any atom is 0.272 e. The molecule has 0 saturated heterocycles. The lowest BCUT2D eigenvalue weighted by Gasteiger charge is -2.16. The van der Waals surface area contributed by atoms with Crippen LogP contribution in [0.1, 0.15) is 6.92 Å². The van der Waals surface area contributed by atoms with Gasteiger partial charge >= 0.3 is 0 Å². The number of aliphatic hydroxyl groups is 1. The number of hydrogen-bond donors (Lipinski definition) is 3. The molecule has 2 atom stereocenters. The van der Waals surface area contributed by atoms with Gasteiger partial charge in [0.05, 0.1) is 22.8 Å². The highest BCUT2D eigenvalue weighted by molar-refractivity contribution is 5.50. The number of nitro benzene ring substituents is 1. The second kappa shape index (κ2) is 5.55. The quantitative estimate of drug-likeness (QED) is 0.525. The number of non-ortho nitro benzene ring substituents is 1. The summed E-state index contributed by atoms with van der Waals surface area (Å²) in [5.74, 6) is -0.725. The van der Waals surface area contributed by atoms with Crippen molar-refractivity contribution < 1.29 is 14.4 Å². The van der Waals surface area contributed by atoms with E-state index in [1.54, 1.807) is 0 Å². The first-order chi connectivity index (χ1) is 7.91. The van der Waals surface area contributed by atoms with Crippen LogP contribution in [0.4, 0.5) is 15.8 Å². The Labute approximate surface area is 97.4 Å². The maximum atomic E-state index is 13.4. The van der Waals surface area contributed by atoms with E-state index in [-0.39, 0.29) is 17.9 Å². The summed E-state index contributed by atoms with van der Waals surface area (Å²) in [6.45, 7) is 1.70. The molecule has 7 heteroatoms. The van der Waals surface area contributed by atoms with Crippen LogP contribution < -0.4 is 11.1 Å². The van der Waals surface area contributed by atoms with E-state index in [1.807, 2.05) is 0 Å². The number of rotatable bonds is 5. The fraction of sp³-hybridized carbons (Fsp3) is 0.400. The highest BCUT2D eigenvalue weighted by atomic mass is 19.1.